The molecule has 0 bridgehead atoms. The van der Waals surface area contributed by atoms with E-state index < -0.39 is 0 Å². The summed E-state index contributed by atoms with van der Waals surface area (Å²) in [6, 6.07) is 9.90. The third-order valence-corrected chi connectivity index (χ3v) is 5.16. The van der Waals surface area contributed by atoms with E-state index in [1.54, 1.807) is 0 Å². The van der Waals surface area contributed by atoms with Gasteiger partial charge < -0.3 is 10.6 Å². The summed E-state index contributed by atoms with van der Waals surface area (Å²) < 4.78 is 0. The molecule has 0 spiro atoms. The molecule has 0 amide bonds. The van der Waals surface area contributed by atoms with Crippen LogP contribution < -0.4 is 10.6 Å². The molecule has 3 rings (SSSR count). The standard InChI is InChI=1S/C18H29N3/c1-2-16(19)13-15-7-3-4-8-18(15)21-12-9-17(14-21)20-10-5-6-11-20/h3-4,7-8,16-17H,2,5-6,9-14,19H2,1H3. The molecule has 0 radical (unpaired) electrons. The number of hydrogen-bond donors (Lipinski definition) is 1. The highest BCUT2D eigenvalue weighted by molar-refractivity contribution is 5.55. The minimum Gasteiger partial charge on any atom is -0.370 e. The molecule has 2 N–H and O–H groups in total. The van der Waals surface area contributed by atoms with Gasteiger partial charge in [-0.3, -0.25) is 4.90 Å². The highest BCUT2D eigenvalue weighted by Gasteiger charge is 2.30. The minimum atomic E-state index is 0.281. The van der Waals surface area contributed by atoms with Crippen LogP contribution in [0.1, 0.15) is 38.2 Å². The predicted molar refractivity (Wildman–Crippen MR) is 89.8 cm³/mol. The van der Waals surface area contributed by atoms with Crippen LogP contribution in [-0.4, -0.2) is 43.2 Å². The maximum absolute atomic E-state index is 6.17. The van der Waals surface area contributed by atoms with Gasteiger partial charge in [-0.05, 0) is 56.8 Å². The molecule has 21 heavy (non-hydrogen) atoms. The Labute approximate surface area is 129 Å². The van der Waals surface area contributed by atoms with Gasteiger partial charge in [-0.1, -0.05) is 25.1 Å². The zero-order valence-electron chi connectivity index (χ0n) is 13.3. The van der Waals surface area contributed by atoms with Gasteiger partial charge in [0.1, 0.15) is 0 Å². The van der Waals surface area contributed by atoms with E-state index in [0.717, 1.165) is 18.9 Å². The largest absolute Gasteiger partial charge is 0.370 e. The van der Waals surface area contributed by atoms with E-state index in [2.05, 4.69) is 41.0 Å². The lowest BCUT2D eigenvalue weighted by Gasteiger charge is -2.26. The summed E-state index contributed by atoms with van der Waals surface area (Å²) in [5, 5.41) is 0. The fourth-order valence-electron chi connectivity index (χ4n) is 3.78. The number of hydrogen-bond acceptors (Lipinski definition) is 3. The zero-order chi connectivity index (χ0) is 14.7. The summed E-state index contributed by atoms with van der Waals surface area (Å²) in [6.07, 6.45) is 6.13. The molecule has 116 valence electrons. The van der Waals surface area contributed by atoms with Gasteiger partial charge >= 0.3 is 0 Å². The summed E-state index contributed by atoms with van der Waals surface area (Å²) in [5.74, 6) is 0. The van der Waals surface area contributed by atoms with Gasteiger partial charge in [0, 0.05) is 30.9 Å². The van der Waals surface area contributed by atoms with Gasteiger partial charge in [-0.15, -0.1) is 0 Å². The summed E-state index contributed by atoms with van der Waals surface area (Å²) in [4.78, 5) is 5.28. The second kappa shape index (κ2) is 6.80. The Kier molecular flexibility index (Phi) is 4.81. The van der Waals surface area contributed by atoms with Gasteiger partial charge in [0.15, 0.2) is 0 Å². The molecule has 2 saturated heterocycles. The van der Waals surface area contributed by atoms with Crippen molar-refractivity contribution in [2.24, 2.45) is 5.73 Å². The molecule has 3 nitrogen and oxygen atoms in total. The van der Waals surface area contributed by atoms with E-state index in [0.29, 0.717) is 0 Å². The maximum Gasteiger partial charge on any atom is 0.0399 e. The van der Waals surface area contributed by atoms with Crippen molar-refractivity contribution in [3.05, 3.63) is 29.8 Å². The lowest BCUT2D eigenvalue weighted by Crippen LogP contribution is -2.35. The van der Waals surface area contributed by atoms with Crippen molar-refractivity contribution in [2.45, 2.75) is 51.1 Å². The molecule has 2 atom stereocenters. The van der Waals surface area contributed by atoms with Gasteiger partial charge in [-0.2, -0.15) is 0 Å². The smallest absolute Gasteiger partial charge is 0.0399 e. The summed E-state index contributed by atoms with van der Waals surface area (Å²) >= 11 is 0. The second-order valence-corrected chi connectivity index (χ2v) is 6.63. The molecule has 2 fully saturated rings. The zero-order valence-corrected chi connectivity index (χ0v) is 13.3. The monoisotopic (exact) mass is 287 g/mol. The highest BCUT2D eigenvalue weighted by atomic mass is 15.3. The molecule has 0 saturated carbocycles. The van der Waals surface area contributed by atoms with Crippen molar-refractivity contribution in [3.63, 3.8) is 0 Å². The Morgan fingerprint density at radius 2 is 1.95 bits per heavy atom. The Balaban J connectivity index is 1.69. The number of para-hydroxylation sites is 1. The number of benzene rings is 1. The van der Waals surface area contributed by atoms with Crippen LogP contribution in [0.5, 0.6) is 0 Å². The lowest BCUT2D eigenvalue weighted by molar-refractivity contribution is 0.260. The Morgan fingerprint density at radius 3 is 2.71 bits per heavy atom. The molecule has 2 aliphatic heterocycles. The van der Waals surface area contributed by atoms with Crippen molar-refractivity contribution in [3.8, 4) is 0 Å². The second-order valence-electron chi connectivity index (χ2n) is 6.63. The van der Waals surface area contributed by atoms with E-state index >= 15 is 0 Å². The SMILES string of the molecule is CCC(N)Cc1ccccc1N1CCC(N2CCCC2)C1. The number of nitrogens with zero attached hydrogens (tertiary/aromatic N) is 2. The Hall–Kier alpha value is -1.06. The molecule has 2 unspecified atom stereocenters. The average molecular weight is 287 g/mol. The third-order valence-electron chi connectivity index (χ3n) is 5.16. The molecular weight excluding hydrogens is 258 g/mol. The van der Waals surface area contributed by atoms with Gasteiger partial charge in [-0.25, -0.2) is 0 Å². The number of rotatable bonds is 5. The van der Waals surface area contributed by atoms with Crippen LogP contribution in [0.2, 0.25) is 0 Å². The van der Waals surface area contributed by atoms with Crippen molar-refractivity contribution in [1.82, 2.24) is 4.90 Å². The Bertz CT molecular complexity index is 454. The normalized spacial score (nSPS) is 24.7. The highest BCUT2D eigenvalue weighted by Crippen LogP contribution is 2.28. The van der Waals surface area contributed by atoms with E-state index in [4.69, 9.17) is 5.73 Å². The molecule has 0 aromatic heterocycles. The van der Waals surface area contributed by atoms with E-state index in [9.17, 15) is 0 Å². The number of nitrogens with two attached hydrogens (primary N) is 1. The molecule has 2 aliphatic rings. The average Bonchev–Trinajstić information content (AvgIpc) is 3.18. The fourth-order valence-corrected chi connectivity index (χ4v) is 3.78. The third kappa shape index (κ3) is 3.41. The van der Waals surface area contributed by atoms with E-state index in [1.165, 1.54) is 56.7 Å². The van der Waals surface area contributed by atoms with Gasteiger partial charge in [0.25, 0.3) is 0 Å². The van der Waals surface area contributed by atoms with Crippen LogP contribution in [0.25, 0.3) is 0 Å². The number of likely N-dealkylation sites (tertiary alicyclic amines) is 1. The van der Waals surface area contributed by atoms with Crippen molar-refractivity contribution in [1.29, 1.82) is 0 Å². The quantitative estimate of drug-likeness (QED) is 0.903. The van der Waals surface area contributed by atoms with Gasteiger partial charge in [0.2, 0.25) is 0 Å². The van der Waals surface area contributed by atoms with E-state index in [1.807, 2.05) is 0 Å². The van der Waals surface area contributed by atoms with Crippen molar-refractivity contribution in [2.75, 3.05) is 31.1 Å². The van der Waals surface area contributed by atoms with Crippen LogP contribution in [-0.2, 0) is 6.42 Å². The maximum atomic E-state index is 6.17. The molecule has 1 aromatic carbocycles. The van der Waals surface area contributed by atoms with Gasteiger partial charge in [0.05, 0.1) is 0 Å². The lowest BCUT2D eigenvalue weighted by atomic mass is 10.0. The molecular formula is C18H29N3. The first kappa shape index (κ1) is 14.9. The summed E-state index contributed by atoms with van der Waals surface area (Å²) in [6.45, 7) is 7.17. The first-order valence-corrected chi connectivity index (χ1v) is 8.60. The van der Waals surface area contributed by atoms with Crippen molar-refractivity contribution < 1.29 is 0 Å². The summed E-state index contributed by atoms with van der Waals surface area (Å²) in [7, 11) is 0. The molecule has 2 heterocycles. The van der Waals surface area contributed by atoms with Crippen LogP contribution in [0.15, 0.2) is 24.3 Å². The van der Waals surface area contributed by atoms with Crippen molar-refractivity contribution >= 4 is 5.69 Å². The fraction of sp³-hybridized carbons (Fsp3) is 0.667. The van der Waals surface area contributed by atoms with Crippen LogP contribution in [0.4, 0.5) is 5.69 Å². The molecule has 1 aromatic rings. The van der Waals surface area contributed by atoms with Crippen LogP contribution >= 0.6 is 0 Å². The van der Waals surface area contributed by atoms with E-state index in [-0.39, 0.29) is 6.04 Å². The molecule has 3 heteroatoms. The molecule has 0 aliphatic carbocycles. The predicted octanol–water partition coefficient (Wildman–Crippen LogP) is 2.64. The van der Waals surface area contributed by atoms with Crippen LogP contribution in [0.3, 0.4) is 0 Å². The summed E-state index contributed by atoms with van der Waals surface area (Å²) in [5.41, 5.74) is 9.02. The topological polar surface area (TPSA) is 32.5 Å². The number of anilines is 1. The van der Waals surface area contributed by atoms with Crippen LogP contribution in [0, 0.1) is 0 Å². The Morgan fingerprint density at radius 1 is 1.19 bits per heavy atom. The first-order chi connectivity index (χ1) is 10.3. The first-order valence-electron chi connectivity index (χ1n) is 8.60. The minimum absolute atomic E-state index is 0.281.